The Hall–Kier alpha value is -3.50. The number of hydrogen-bond acceptors (Lipinski definition) is 7. The van der Waals surface area contributed by atoms with Crippen molar-refractivity contribution in [2.75, 3.05) is 19.7 Å². The van der Waals surface area contributed by atoms with Gasteiger partial charge in [-0.05, 0) is 44.0 Å². The molecule has 2 aliphatic rings. The third-order valence-electron chi connectivity index (χ3n) is 6.35. The number of carbonyl (C=O) groups excluding carboxylic acids is 2. The van der Waals surface area contributed by atoms with Gasteiger partial charge in [-0.3, -0.25) is 4.79 Å². The average molecular weight is 496 g/mol. The summed E-state index contributed by atoms with van der Waals surface area (Å²) < 4.78 is 32.7. The maximum Gasteiger partial charge on any atom is 0.359 e. The lowest BCUT2D eigenvalue weighted by atomic mass is 10.0. The number of benzene rings is 2. The molecule has 2 aromatic carbocycles. The fraction of sp³-hybridized carbons (Fsp3) is 0.320. The summed E-state index contributed by atoms with van der Waals surface area (Å²) in [7, 11) is -3.68. The lowest BCUT2D eigenvalue weighted by Gasteiger charge is -2.29. The molecule has 3 aromatic rings. The second-order valence-corrected chi connectivity index (χ2v) is 10.6. The highest BCUT2D eigenvalue weighted by atomic mass is 32.2. The Balaban J connectivity index is 1.64. The smallest absolute Gasteiger partial charge is 0.359 e. The molecule has 5 rings (SSSR count). The summed E-state index contributed by atoms with van der Waals surface area (Å²) in [6, 6.07) is 13.5. The molecule has 10 heteroatoms. The second kappa shape index (κ2) is 8.94. The van der Waals surface area contributed by atoms with E-state index >= 15 is 0 Å². The molecule has 9 nitrogen and oxygen atoms in total. The summed E-state index contributed by atoms with van der Waals surface area (Å²) in [5.41, 5.74) is 2.12. The number of nitrogens with zero attached hydrogens (tertiary/aromatic N) is 3. The molecule has 35 heavy (non-hydrogen) atoms. The fourth-order valence-corrected chi connectivity index (χ4v) is 6.23. The zero-order chi connectivity index (χ0) is 24.7. The first kappa shape index (κ1) is 23.3. The van der Waals surface area contributed by atoms with E-state index in [2.05, 4.69) is 5.10 Å². The van der Waals surface area contributed by atoms with Crippen LogP contribution in [-0.2, 0) is 20.3 Å². The molecule has 1 saturated heterocycles. The van der Waals surface area contributed by atoms with Gasteiger partial charge < -0.3 is 14.7 Å². The van der Waals surface area contributed by atoms with Crippen molar-refractivity contribution in [1.82, 2.24) is 14.7 Å². The van der Waals surface area contributed by atoms with Crippen LogP contribution in [0.4, 0.5) is 0 Å². The van der Waals surface area contributed by atoms with Gasteiger partial charge >= 0.3 is 5.97 Å². The summed E-state index contributed by atoms with van der Waals surface area (Å²) in [6.07, 6.45) is 0.678. The van der Waals surface area contributed by atoms with E-state index in [1.54, 1.807) is 60.4 Å². The highest BCUT2D eigenvalue weighted by Gasteiger charge is 2.36. The molecular formula is C25H25N3O6S. The van der Waals surface area contributed by atoms with E-state index in [4.69, 9.17) is 4.74 Å². The summed E-state index contributed by atoms with van der Waals surface area (Å²) in [5.74, 6) is -1.23. The molecular weight excluding hydrogens is 470 g/mol. The zero-order valence-corrected chi connectivity index (χ0v) is 20.0. The maximum atomic E-state index is 13.1. The number of aromatic nitrogens is 2. The number of sulfone groups is 1. The highest BCUT2D eigenvalue weighted by molar-refractivity contribution is 7.90. The van der Waals surface area contributed by atoms with E-state index in [-0.39, 0.29) is 34.4 Å². The summed E-state index contributed by atoms with van der Waals surface area (Å²) in [5, 5.41) is 14.2. The standard InChI is InChI=1S/C25H25N3O6S/c1-2-34-25(31)22-20-15-35(32,33)21-9-4-3-8-19(21)23(20)28(26-22)17-7-5-6-16(14-17)24(30)27-12-10-18(29)11-13-27/h3-9,14,18,29H,2,10-13,15H2,1H3. The van der Waals surface area contributed by atoms with E-state index in [1.807, 2.05) is 0 Å². The summed E-state index contributed by atoms with van der Waals surface area (Å²) in [4.78, 5) is 27.7. The first-order chi connectivity index (χ1) is 16.8. The van der Waals surface area contributed by atoms with Crippen LogP contribution < -0.4 is 0 Å². The van der Waals surface area contributed by atoms with E-state index in [1.165, 1.54) is 4.68 Å². The number of likely N-dealkylation sites (tertiary alicyclic amines) is 1. The number of amides is 1. The van der Waals surface area contributed by atoms with Gasteiger partial charge in [0.1, 0.15) is 0 Å². The van der Waals surface area contributed by atoms with Crippen LogP contribution in [0.15, 0.2) is 53.4 Å². The number of ether oxygens (including phenoxy) is 1. The second-order valence-electron chi connectivity index (χ2n) is 8.64. The van der Waals surface area contributed by atoms with Crippen molar-refractivity contribution < 1.29 is 27.9 Å². The molecule has 0 saturated carbocycles. The Bertz CT molecular complexity index is 1420. The predicted molar refractivity (Wildman–Crippen MR) is 127 cm³/mol. The molecule has 0 unspecified atom stereocenters. The van der Waals surface area contributed by atoms with Crippen LogP contribution in [0.1, 0.15) is 46.2 Å². The minimum Gasteiger partial charge on any atom is -0.461 e. The van der Waals surface area contributed by atoms with Crippen molar-refractivity contribution in [3.8, 4) is 16.9 Å². The topological polar surface area (TPSA) is 119 Å². The molecule has 0 radical (unpaired) electrons. The van der Waals surface area contributed by atoms with Crippen LogP contribution in [0.2, 0.25) is 0 Å². The lowest BCUT2D eigenvalue weighted by molar-refractivity contribution is 0.0514. The molecule has 0 atom stereocenters. The first-order valence-electron chi connectivity index (χ1n) is 11.5. The minimum atomic E-state index is -3.68. The van der Waals surface area contributed by atoms with Crippen LogP contribution in [0.5, 0.6) is 0 Å². The third kappa shape index (κ3) is 4.12. The van der Waals surface area contributed by atoms with Gasteiger partial charge in [0.2, 0.25) is 0 Å². The molecule has 182 valence electrons. The number of hydrogen-bond donors (Lipinski definition) is 1. The fourth-order valence-electron chi connectivity index (χ4n) is 4.64. The quantitative estimate of drug-likeness (QED) is 0.553. The average Bonchev–Trinajstić information content (AvgIpc) is 3.23. The van der Waals surface area contributed by atoms with Gasteiger partial charge in [0.25, 0.3) is 5.91 Å². The van der Waals surface area contributed by atoms with Gasteiger partial charge in [0, 0.05) is 29.8 Å². The first-order valence-corrected chi connectivity index (χ1v) is 13.1. The van der Waals surface area contributed by atoms with Crippen LogP contribution >= 0.6 is 0 Å². The maximum absolute atomic E-state index is 13.1. The zero-order valence-electron chi connectivity index (χ0n) is 19.2. The Morgan fingerprint density at radius 3 is 2.60 bits per heavy atom. The Morgan fingerprint density at radius 1 is 1.11 bits per heavy atom. The van der Waals surface area contributed by atoms with Gasteiger partial charge in [-0.1, -0.05) is 24.3 Å². The van der Waals surface area contributed by atoms with Gasteiger partial charge in [-0.25, -0.2) is 17.9 Å². The van der Waals surface area contributed by atoms with Crippen LogP contribution in [0, 0.1) is 0 Å². The van der Waals surface area contributed by atoms with E-state index in [0.717, 1.165) is 0 Å². The van der Waals surface area contributed by atoms with E-state index < -0.39 is 21.9 Å². The highest BCUT2D eigenvalue weighted by Crippen LogP contribution is 2.40. The molecule has 1 fully saturated rings. The molecule has 0 spiro atoms. The largest absolute Gasteiger partial charge is 0.461 e. The van der Waals surface area contributed by atoms with Crippen molar-refractivity contribution in [3.63, 3.8) is 0 Å². The monoisotopic (exact) mass is 495 g/mol. The number of rotatable bonds is 4. The van der Waals surface area contributed by atoms with Crippen molar-refractivity contribution >= 4 is 21.7 Å². The SMILES string of the molecule is CCOC(=O)c1nn(-c2cccc(C(=O)N3CCC(O)CC3)c2)c2c1CS(=O)(=O)c1ccccc1-2. The number of piperidine rings is 1. The van der Waals surface area contributed by atoms with Crippen molar-refractivity contribution in [2.24, 2.45) is 0 Å². The normalized spacial score (nSPS) is 16.9. The van der Waals surface area contributed by atoms with Crippen molar-refractivity contribution in [3.05, 3.63) is 65.4 Å². The molecule has 3 heterocycles. The number of aliphatic hydroxyl groups excluding tert-OH is 1. The molecule has 1 aromatic heterocycles. The molecule has 2 aliphatic heterocycles. The molecule has 1 amide bonds. The molecule has 0 aliphatic carbocycles. The minimum absolute atomic E-state index is 0.0540. The third-order valence-corrected chi connectivity index (χ3v) is 8.05. The van der Waals surface area contributed by atoms with Gasteiger partial charge in [0.15, 0.2) is 15.5 Å². The summed E-state index contributed by atoms with van der Waals surface area (Å²) in [6.45, 7) is 2.74. The summed E-state index contributed by atoms with van der Waals surface area (Å²) >= 11 is 0. The predicted octanol–water partition coefficient (Wildman–Crippen LogP) is 2.60. The Morgan fingerprint density at radius 2 is 1.86 bits per heavy atom. The van der Waals surface area contributed by atoms with Crippen LogP contribution in [0.25, 0.3) is 16.9 Å². The van der Waals surface area contributed by atoms with Crippen molar-refractivity contribution in [1.29, 1.82) is 0 Å². The Kier molecular flexibility index (Phi) is 5.94. The van der Waals surface area contributed by atoms with E-state index in [9.17, 15) is 23.1 Å². The number of fused-ring (bicyclic) bond motifs is 3. The molecule has 1 N–H and O–H groups in total. The van der Waals surface area contributed by atoms with Crippen LogP contribution in [-0.4, -0.2) is 65.9 Å². The number of aliphatic hydroxyl groups is 1. The van der Waals surface area contributed by atoms with Crippen molar-refractivity contribution in [2.45, 2.75) is 36.5 Å². The number of carbonyl (C=O) groups is 2. The van der Waals surface area contributed by atoms with E-state index in [0.29, 0.717) is 48.4 Å². The lowest BCUT2D eigenvalue weighted by Crippen LogP contribution is -2.40. The molecule has 0 bridgehead atoms. The van der Waals surface area contributed by atoms with Crippen LogP contribution in [0.3, 0.4) is 0 Å². The van der Waals surface area contributed by atoms with Gasteiger partial charge in [-0.2, -0.15) is 5.10 Å². The van der Waals surface area contributed by atoms with Gasteiger partial charge in [-0.15, -0.1) is 0 Å². The number of esters is 1. The Labute approximate surface area is 202 Å². The van der Waals surface area contributed by atoms with Gasteiger partial charge in [0.05, 0.1) is 34.7 Å².